The first-order valence-electron chi connectivity index (χ1n) is 7.39. The van der Waals surface area contributed by atoms with Crippen molar-refractivity contribution in [3.8, 4) is 0 Å². The van der Waals surface area contributed by atoms with Crippen LogP contribution in [0.1, 0.15) is 34.8 Å². The van der Waals surface area contributed by atoms with E-state index in [1.165, 1.54) is 0 Å². The van der Waals surface area contributed by atoms with Crippen molar-refractivity contribution in [2.75, 3.05) is 5.32 Å². The molecule has 3 N–H and O–H groups in total. The average Bonchev–Trinajstić information content (AvgIpc) is 2.52. The fourth-order valence-corrected chi connectivity index (χ4v) is 2.97. The summed E-state index contributed by atoms with van der Waals surface area (Å²) in [7, 11) is 0. The zero-order valence-electron chi connectivity index (χ0n) is 12.4. The second-order valence-electron chi connectivity index (χ2n) is 5.85. The van der Waals surface area contributed by atoms with Gasteiger partial charge in [0.15, 0.2) is 0 Å². The summed E-state index contributed by atoms with van der Waals surface area (Å²) in [6.45, 7) is 1.61. The molecule has 0 fully saturated rings. The van der Waals surface area contributed by atoms with Crippen LogP contribution in [0.4, 0.5) is 5.69 Å². The van der Waals surface area contributed by atoms with Crippen molar-refractivity contribution in [2.45, 2.75) is 31.5 Å². The van der Waals surface area contributed by atoms with Gasteiger partial charge in [0.25, 0.3) is 5.91 Å². The number of rotatable bonds is 2. The topological polar surface area (TPSA) is 69.6 Å². The van der Waals surface area contributed by atoms with Crippen molar-refractivity contribution in [3.05, 3.63) is 65.2 Å². The third-order valence-corrected chi connectivity index (χ3v) is 4.32. The third-order valence-electron chi connectivity index (χ3n) is 4.32. The molecule has 2 aromatic rings. The van der Waals surface area contributed by atoms with Crippen LogP contribution in [0.2, 0.25) is 0 Å². The molecule has 4 heteroatoms. The molecule has 0 heterocycles. The van der Waals surface area contributed by atoms with Crippen LogP contribution in [0.25, 0.3) is 0 Å². The number of fused-ring (bicyclic) bond motifs is 1. The number of amides is 1. The molecule has 1 aliphatic carbocycles. The monoisotopic (exact) mass is 297 g/mol. The van der Waals surface area contributed by atoms with Crippen LogP contribution >= 0.6 is 0 Å². The van der Waals surface area contributed by atoms with Gasteiger partial charge in [-0.2, -0.15) is 0 Å². The summed E-state index contributed by atoms with van der Waals surface area (Å²) >= 11 is 0. The molecule has 22 heavy (non-hydrogen) atoms. The molecule has 0 radical (unpaired) electrons. The fraction of sp³-hybridized carbons (Fsp3) is 0.278. The van der Waals surface area contributed by atoms with Gasteiger partial charge in [-0.1, -0.05) is 30.3 Å². The maximum Gasteiger partial charge on any atom is 0.255 e. The van der Waals surface area contributed by atoms with Crippen LogP contribution in [-0.4, -0.2) is 22.2 Å². The van der Waals surface area contributed by atoms with Gasteiger partial charge in [-0.25, -0.2) is 0 Å². The molecule has 2 aromatic carbocycles. The van der Waals surface area contributed by atoms with E-state index in [1.807, 2.05) is 24.3 Å². The Balaban J connectivity index is 1.94. The molecule has 0 unspecified atom stereocenters. The Bertz CT molecular complexity index is 695. The normalized spacial score (nSPS) is 23.7. The molecule has 0 saturated heterocycles. The third kappa shape index (κ3) is 2.51. The number of hydrogen-bond donors (Lipinski definition) is 3. The van der Waals surface area contributed by atoms with Gasteiger partial charge in [0.1, 0.15) is 5.60 Å². The van der Waals surface area contributed by atoms with E-state index in [0.717, 1.165) is 5.56 Å². The number of hydrogen-bond acceptors (Lipinski definition) is 3. The number of benzene rings is 2. The maximum absolute atomic E-state index is 12.3. The number of carbonyl (C=O) groups is 1. The molecule has 2 atom stereocenters. The highest BCUT2D eigenvalue weighted by atomic mass is 16.3. The largest absolute Gasteiger partial charge is 0.390 e. The van der Waals surface area contributed by atoms with E-state index >= 15 is 0 Å². The zero-order chi connectivity index (χ0) is 15.7. The molecule has 1 amide bonds. The SMILES string of the molecule is C[C@@]1(O)c2cccc(NC(=O)c3ccccc3)c2CC[C@@H]1O. The van der Waals surface area contributed by atoms with Gasteiger partial charge in [0.05, 0.1) is 6.10 Å². The van der Waals surface area contributed by atoms with Gasteiger partial charge in [-0.05, 0) is 49.1 Å². The smallest absolute Gasteiger partial charge is 0.255 e. The highest BCUT2D eigenvalue weighted by Crippen LogP contribution is 2.38. The molecule has 0 bridgehead atoms. The van der Waals surface area contributed by atoms with Gasteiger partial charge in [-0.3, -0.25) is 4.79 Å². The summed E-state index contributed by atoms with van der Waals surface area (Å²) in [4.78, 5) is 12.3. The first-order valence-corrected chi connectivity index (χ1v) is 7.39. The summed E-state index contributed by atoms with van der Waals surface area (Å²) < 4.78 is 0. The summed E-state index contributed by atoms with van der Waals surface area (Å²) in [5.41, 5.74) is 1.56. The van der Waals surface area contributed by atoms with Crippen LogP contribution in [0.5, 0.6) is 0 Å². The minimum absolute atomic E-state index is 0.181. The van der Waals surface area contributed by atoms with Crippen LogP contribution in [0.15, 0.2) is 48.5 Å². The Morgan fingerprint density at radius 1 is 1.18 bits per heavy atom. The van der Waals surface area contributed by atoms with Gasteiger partial charge in [0.2, 0.25) is 0 Å². The highest BCUT2D eigenvalue weighted by Gasteiger charge is 2.38. The fourth-order valence-electron chi connectivity index (χ4n) is 2.97. The Labute approximate surface area is 129 Å². The highest BCUT2D eigenvalue weighted by molar-refractivity contribution is 6.04. The lowest BCUT2D eigenvalue weighted by Gasteiger charge is -2.36. The Hall–Kier alpha value is -2.17. The van der Waals surface area contributed by atoms with Crippen LogP contribution in [0.3, 0.4) is 0 Å². The summed E-state index contributed by atoms with van der Waals surface area (Å²) in [5.74, 6) is -0.181. The van der Waals surface area contributed by atoms with Crippen molar-refractivity contribution in [2.24, 2.45) is 0 Å². The standard InChI is InChI=1S/C18H19NO3/c1-18(22)14-8-5-9-15(13(14)10-11-16(18)20)19-17(21)12-6-3-2-4-7-12/h2-9,16,20,22H,10-11H2,1H3,(H,19,21)/t16-,18+/m0/s1. The lowest BCUT2D eigenvalue weighted by Crippen LogP contribution is -2.41. The van der Waals surface area contributed by atoms with E-state index in [2.05, 4.69) is 5.32 Å². The predicted molar refractivity (Wildman–Crippen MR) is 84.7 cm³/mol. The molecular weight excluding hydrogens is 278 g/mol. The molecule has 1 aliphatic rings. The van der Waals surface area contributed by atoms with E-state index in [-0.39, 0.29) is 5.91 Å². The lowest BCUT2D eigenvalue weighted by atomic mass is 9.77. The van der Waals surface area contributed by atoms with Crippen LogP contribution in [0, 0.1) is 0 Å². The average molecular weight is 297 g/mol. The first-order chi connectivity index (χ1) is 10.5. The van der Waals surface area contributed by atoms with E-state index in [4.69, 9.17) is 0 Å². The van der Waals surface area contributed by atoms with Crippen molar-refractivity contribution in [1.82, 2.24) is 0 Å². The number of aliphatic hydroxyl groups is 2. The first kappa shape index (κ1) is 14.8. The molecule has 0 aliphatic heterocycles. The molecule has 0 spiro atoms. The molecule has 4 nitrogen and oxygen atoms in total. The Morgan fingerprint density at radius 2 is 1.91 bits per heavy atom. The maximum atomic E-state index is 12.3. The van der Waals surface area contributed by atoms with Crippen LogP contribution < -0.4 is 5.32 Å². The quantitative estimate of drug-likeness (QED) is 0.797. The molecule has 3 rings (SSSR count). The van der Waals surface area contributed by atoms with E-state index in [0.29, 0.717) is 29.7 Å². The minimum atomic E-state index is -1.29. The van der Waals surface area contributed by atoms with Crippen molar-refractivity contribution in [1.29, 1.82) is 0 Å². The number of anilines is 1. The van der Waals surface area contributed by atoms with Crippen LogP contribution in [-0.2, 0) is 12.0 Å². The molecular formula is C18H19NO3. The number of aliphatic hydroxyl groups excluding tert-OH is 1. The summed E-state index contributed by atoms with van der Waals surface area (Å²) in [5, 5.41) is 23.4. The Morgan fingerprint density at radius 3 is 2.64 bits per heavy atom. The summed E-state index contributed by atoms with van der Waals surface area (Å²) in [6, 6.07) is 14.4. The van der Waals surface area contributed by atoms with Gasteiger partial charge in [0, 0.05) is 11.3 Å². The van der Waals surface area contributed by atoms with Gasteiger partial charge in [-0.15, -0.1) is 0 Å². The molecule has 0 saturated carbocycles. The van der Waals surface area contributed by atoms with Crippen molar-refractivity contribution in [3.63, 3.8) is 0 Å². The van der Waals surface area contributed by atoms with Crippen molar-refractivity contribution >= 4 is 11.6 Å². The minimum Gasteiger partial charge on any atom is -0.390 e. The Kier molecular flexibility index (Phi) is 3.72. The number of carbonyl (C=O) groups excluding carboxylic acids is 1. The molecule has 0 aromatic heterocycles. The molecule has 114 valence electrons. The van der Waals surface area contributed by atoms with Gasteiger partial charge < -0.3 is 15.5 Å². The van der Waals surface area contributed by atoms with E-state index in [9.17, 15) is 15.0 Å². The second kappa shape index (κ2) is 5.55. The lowest BCUT2D eigenvalue weighted by molar-refractivity contribution is -0.0764. The van der Waals surface area contributed by atoms with Crippen molar-refractivity contribution < 1.29 is 15.0 Å². The summed E-state index contributed by atoms with van der Waals surface area (Å²) in [6.07, 6.45) is 0.302. The van der Waals surface area contributed by atoms with Gasteiger partial charge >= 0.3 is 0 Å². The predicted octanol–water partition coefficient (Wildman–Crippen LogP) is 2.45. The van der Waals surface area contributed by atoms with E-state index in [1.54, 1.807) is 31.2 Å². The van der Waals surface area contributed by atoms with E-state index < -0.39 is 11.7 Å². The number of nitrogens with one attached hydrogen (secondary N) is 1. The second-order valence-corrected chi connectivity index (χ2v) is 5.85. The zero-order valence-corrected chi connectivity index (χ0v) is 12.4.